The van der Waals surface area contributed by atoms with Gasteiger partial charge in [0.25, 0.3) is 0 Å². The SMILES string of the molecule is COCCNC(c1ccc(Br)s1)c1nc(C)c(C)s1. The summed E-state index contributed by atoms with van der Waals surface area (Å²) in [5, 5.41) is 4.65. The lowest BCUT2D eigenvalue weighted by Crippen LogP contribution is -2.25. The number of thiophene rings is 1. The summed E-state index contributed by atoms with van der Waals surface area (Å²) in [6, 6.07) is 4.38. The predicted molar refractivity (Wildman–Crippen MR) is 85.3 cm³/mol. The summed E-state index contributed by atoms with van der Waals surface area (Å²) in [7, 11) is 1.72. The van der Waals surface area contributed by atoms with Crippen LogP contribution in [-0.4, -0.2) is 25.2 Å². The van der Waals surface area contributed by atoms with Crippen molar-refractivity contribution in [2.24, 2.45) is 0 Å². The molecule has 1 unspecified atom stereocenters. The highest BCUT2D eigenvalue weighted by Crippen LogP contribution is 2.33. The molecule has 0 fully saturated rings. The van der Waals surface area contributed by atoms with Gasteiger partial charge in [0.1, 0.15) is 5.01 Å². The fraction of sp³-hybridized carbons (Fsp3) is 0.462. The number of thiazole rings is 1. The fourth-order valence-electron chi connectivity index (χ4n) is 1.72. The third-order valence-electron chi connectivity index (χ3n) is 2.83. The average Bonchev–Trinajstić information content (AvgIpc) is 2.93. The highest BCUT2D eigenvalue weighted by molar-refractivity contribution is 9.11. The van der Waals surface area contributed by atoms with Gasteiger partial charge in [-0.2, -0.15) is 0 Å². The van der Waals surface area contributed by atoms with Crippen molar-refractivity contribution >= 4 is 38.6 Å². The van der Waals surface area contributed by atoms with E-state index in [1.165, 1.54) is 9.75 Å². The summed E-state index contributed by atoms with van der Waals surface area (Å²) in [6.45, 7) is 5.69. The van der Waals surface area contributed by atoms with Crippen LogP contribution in [0.5, 0.6) is 0 Å². The minimum Gasteiger partial charge on any atom is -0.383 e. The van der Waals surface area contributed by atoms with Crippen LogP contribution in [0, 0.1) is 13.8 Å². The molecule has 0 amide bonds. The van der Waals surface area contributed by atoms with Crippen LogP contribution in [0.2, 0.25) is 0 Å². The third kappa shape index (κ3) is 3.86. The van der Waals surface area contributed by atoms with Gasteiger partial charge >= 0.3 is 0 Å². The van der Waals surface area contributed by atoms with Gasteiger partial charge in [-0.25, -0.2) is 4.98 Å². The summed E-state index contributed by atoms with van der Waals surface area (Å²) in [6.07, 6.45) is 0. The van der Waals surface area contributed by atoms with E-state index in [1.54, 1.807) is 29.8 Å². The van der Waals surface area contributed by atoms with Crippen molar-refractivity contribution in [1.82, 2.24) is 10.3 Å². The van der Waals surface area contributed by atoms with Crippen LogP contribution in [0.3, 0.4) is 0 Å². The molecule has 0 aromatic carbocycles. The number of nitrogens with one attached hydrogen (secondary N) is 1. The molecule has 0 saturated heterocycles. The molecule has 104 valence electrons. The van der Waals surface area contributed by atoms with Gasteiger partial charge in [-0.05, 0) is 41.9 Å². The summed E-state index contributed by atoms with van der Waals surface area (Å²) < 4.78 is 6.26. The topological polar surface area (TPSA) is 34.1 Å². The van der Waals surface area contributed by atoms with Crippen LogP contribution in [0.15, 0.2) is 15.9 Å². The van der Waals surface area contributed by atoms with Crippen molar-refractivity contribution in [3.63, 3.8) is 0 Å². The highest BCUT2D eigenvalue weighted by atomic mass is 79.9. The Morgan fingerprint density at radius 2 is 2.16 bits per heavy atom. The maximum Gasteiger partial charge on any atom is 0.115 e. The van der Waals surface area contributed by atoms with E-state index in [-0.39, 0.29) is 6.04 Å². The van der Waals surface area contributed by atoms with Crippen molar-refractivity contribution in [2.75, 3.05) is 20.3 Å². The molecule has 0 aliphatic carbocycles. The molecule has 0 bridgehead atoms. The monoisotopic (exact) mass is 360 g/mol. The Morgan fingerprint density at radius 1 is 1.37 bits per heavy atom. The van der Waals surface area contributed by atoms with Gasteiger partial charge in [0.15, 0.2) is 0 Å². The average molecular weight is 361 g/mol. The molecule has 1 N–H and O–H groups in total. The van der Waals surface area contributed by atoms with E-state index in [4.69, 9.17) is 4.74 Å². The molecular formula is C13H17BrN2OS2. The molecule has 2 aromatic rings. The van der Waals surface area contributed by atoms with Crippen molar-refractivity contribution < 1.29 is 4.74 Å². The first kappa shape index (κ1) is 15.1. The molecule has 0 aliphatic heterocycles. The summed E-state index contributed by atoms with van der Waals surface area (Å²) in [4.78, 5) is 7.24. The maximum absolute atomic E-state index is 5.11. The lowest BCUT2D eigenvalue weighted by atomic mass is 10.2. The van der Waals surface area contributed by atoms with Crippen molar-refractivity contribution in [3.8, 4) is 0 Å². The van der Waals surface area contributed by atoms with Crippen molar-refractivity contribution in [3.05, 3.63) is 36.4 Å². The third-order valence-corrected chi connectivity index (χ3v) is 5.65. The number of nitrogens with zero attached hydrogens (tertiary/aromatic N) is 1. The van der Waals surface area contributed by atoms with E-state index in [9.17, 15) is 0 Å². The summed E-state index contributed by atoms with van der Waals surface area (Å²) in [5.74, 6) is 0. The number of ether oxygens (including phenoxy) is 1. The maximum atomic E-state index is 5.11. The van der Waals surface area contributed by atoms with Gasteiger partial charge in [0, 0.05) is 23.4 Å². The van der Waals surface area contributed by atoms with E-state index >= 15 is 0 Å². The molecule has 1 atom stereocenters. The molecule has 2 heterocycles. The van der Waals surface area contributed by atoms with Gasteiger partial charge in [-0.15, -0.1) is 22.7 Å². The van der Waals surface area contributed by atoms with Crippen LogP contribution >= 0.6 is 38.6 Å². The number of hydrogen-bond acceptors (Lipinski definition) is 5. The van der Waals surface area contributed by atoms with Gasteiger partial charge in [0.2, 0.25) is 0 Å². The molecule has 0 radical (unpaired) electrons. The van der Waals surface area contributed by atoms with Gasteiger partial charge in [-0.3, -0.25) is 0 Å². The van der Waals surface area contributed by atoms with Crippen LogP contribution in [0.25, 0.3) is 0 Å². The van der Waals surface area contributed by atoms with Crippen LogP contribution in [-0.2, 0) is 4.74 Å². The van der Waals surface area contributed by atoms with Gasteiger partial charge < -0.3 is 10.1 Å². The molecule has 2 aromatic heterocycles. The first-order valence-corrected chi connectivity index (χ1v) is 8.46. The number of aromatic nitrogens is 1. The Morgan fingerprint density at radius 3 is 2.68 bits per heavy atom. The lowest BCUT2D eigenvalue weighted by molar-refractivity contribution is 0.197. The van der Waals surface area contributed by atoms with Crippen LogP contribution in [0.1, 0.15) is 26.5 Å². The molecular weight excluding hydrogens is 344 g/mol. The van der Waals surface area contributed by atoms with Crippen LogP contribution in [0.4, 0.5) is 0 Å². The molecule has 2 rings (SSSR count). The minimum atomic E-state index is 0.156. The molecule has 0 saturated carbocycles. The smallest absolute Gasteiger partial charge is 0.115 e. The Labute approximate surface area is 130 Å². The van der Waals surface area contributed by atoms with Crippen molar-refractivity contribution in [1.29, 1.82) is 0 Å². The number of halogens is 1. The number of methoxy groups -OCH3 is 1. The van der Waals surface area contributed by atoms with Crippen LogP contribution < -0.4 is 5.32 Å². The van der Waals surface area contributed by atoms with Gasteiger partial charge in [-0.1, -0.05) is 0 Å². The molecule has 3 nitrogen and oxygen atoms in total. The van der Waals surface area contributed by atoms with E-state index in [0.717, 1.165) is 21.0 Å². The van der Waals surface area contributed by atoms with E-state index in [1.807, 2.05) is 0 Å². The molecule has 19 heavy (non-hydrogen) atoms. The number of aryl methyl sites for hydroxylation is 2. The zero-order chi connectivity index (χ0) is 13.8. The largest absolute Gasteiger partial charge is 0.383 e. The lowest BCUT2D eigenvalue weighted by Gasteiger charge is -2.14. The van der Waals surface area contributed by atoms with Crippen molar-refractivity contribution in [2.45, 2.75) is 19.9 Å². The molecule has 0 spiro atoms. The van der Waals surface area contributed by atoms with E-state index in [0.29, 0.717) is 6.61 Å². The molecule has 6 heteroatoms. The zero-order valence-electron chi connectivity index (χ0n) is 11.2. The minimum absolute atomic E-state index is 0.156. The Kier molecular flexibility index (Phi) is 5.53. The molecule has 0 aliphatic rings. The summed E-state index contributed by atoms with van der Waals surface area (Å²) in [5.41, 5.74) is 1.12. The Hall–Kier alpha value is -0.270. The highest BCUT2D eigenvalue weighted by Gasteiger charge is 2.19. The quantitative estimate of drug-likeness (QED) is 0.793. The predicted octanol–water partition coefficient (Wildman–Crippen LogP) is 3.91. The first-order valence-electron chi connectivity index (χ1n) is 6.03. The number of rotatable bonds is 6. The Balaban J connectivity index is 2.23. The second-order valence-electron chi connectivity index (χ2n) is 4.22. The number of hydrogen-bond donors (Lipinski definition) is 1. The Bertz CT molecular complexity index is 519. The van der Waals surface area contributed by atoms with Gasteiger partial charge in [0.05, 0.1) is 22.1 Å². The normalized spacial score (nSPS) is 12.8. The first-order chi connectivity index (χ1) is 9.11. The fourth-order valence-corrected chi connectivity index (χ4v) is 4.31. The summed E-state index contributed by atoms with van der Waals surface area (Å²) >= 11 is 7.03. The van der Waals surface area contributed by atoms with E-state index in [2.05, 4.69) is 52.2 Å². The zero-order valence-corrected chi connectivity index (χ0v) is 14.4. The second-order valence-corrected chi connectivity index (χ2v) is 7.94. The van der Waals surface area contributed by atoms with E-state index < -0.39 is 0 Å². The second kappa shape index (κ2) is 6.95. The standard InChI is InChI=1S/C13H17BrN2OS2/c1-8-9(2)18-13(16-8)12(15-6-7-17-3)10-4-5-11(14)19-10/h4-5,12,15H,6-7H2,1-3H3.